The maximum absolute atomic E-state index is 11.7. The molecule has 0 unspecified atom stereocenters. The van der Waals surface area contributed by atoms with Gasteiger partial charge in [-0.2, -0.15) is 0 Å². The number of fused-ring (bicyclic) bond motifs is 3. The molecular weight excluding hydrogens is 204 g/mol. The summed E-state index contributed by atoms with van der Waals surface area (Å²) in [6, 6.07) is 7.76. The number of nitrogens with zero attached hydrogens (tertiary/aromatic N) is 1. The van der Waals surface area contributed by atoms with Gasteiger partial charge in [-0.05, 0) is 24.3 Å². The van der Waals surface area contributed by atoms with Crippen molar-refractivity contribution in [2.75, 3.05) is 13.7 Å². The fourth-order valence-electron chi connectivity index (χ4n) is 2.18. The fraction of sp³-hybridized carbons (Fsp3) is 0.250. The van der Waals surface area contributed by atoms with Crippen molar-refractivity contribution in [3.63, 3.8) is 0 Å². The Kier molecular flexibility index (Phi) is 1.89. The van der Waals surface area contributed by atoms with Gasteiger partial charge in [0.25, 0.3) is 0 Å². The Hall–Kier alpha value is -1.97. The second kappa shape index (κ2) is 3.27. The van der Waals surface area contributed by atoms with E-state index in [1.54, 1.807) is 11.7 Å². The molecule has 1 aliphatic heterocycles. The first-order valence-corrected chi connectivity index (χ1v) is 5.26. The first kappa shape index (κ1) is 9.27. The normalized spacial score (nSPS) is 14.7. The summed E-state index contributed by atoms with van der Waals surface area (Å²) in [6.45, 7) is 0.715. The van der Waals surface area contributed by atoms with Gasteiger partial charge in [0.05, 0.1) is 12.6 Å². The van der Waals surface area contributed by atoms with E-state index in [1.165, 1.54) is 0 Å². The zero-order chi connectivity index (χ0) is 11.1. The number of hydrogen-bond donors (Lipinski definition) is 1. The number of hydrogen-bond acceptors (Lipinski definition) is 2. The number of rotatable bonds is 1. The monoisotopic (exact) mass is 216 g/mol. The molecule has 0 spiro atoms. The van der Waals surface area contributed by atoms with Gasteiger partial charge < -0.3 is 10.1 Å². The molecule has 2 heterocycles. The zero-order valence-corrected chi connectivity index (χ0v) is 8.99. The fourth-order valence-corrected chi connectivity index (χ4v) is 2.18. The second-order valence-corrected chi connectivity index (χ2v) is 3.88. The number of amides is 1. The minimum atomic E-state index is -0.0404. The van der Waals surface area contributed by atoms with Crippen molar-refractivity contribution in [1.82, 2.24) is 9.88 Å². The Morgan fingerprint density at radius 2 is 2.25 bits per heavy atom. The average molecular weight is 216 g/mol. The Balaban J connectivity index is 2.28. The summed E-state index contributed by atoms with van der Waals surface area (Å²) in [4.78, 5) is 11.7. The van der Waals surface area contributed by atoms with Crippen LogP contribution in [0.1, 0.15) is 5.69 Å². The van der Waals surface area contributed by atoms with Crippen LogP contribution in [0.15, 0.2) is 24.3 Å². The van der Waals surface area contributed by atoms with Crippen LogP contribution in [0.5, 0.6) is 5.75 Å². The van der Waals surface area contributed by atoms with Gasteiger partial charge in [0.1, 0.15) is 5.75 Å². The SMILES string of the molecule is COc1ccc2c(c1)cc1n2C(=O)NCC1. The van der Waals surface area contributed by atoms with E-state index in [2.05, 4.69) is 11.4 Å². The van der Waals surface area contributed by atoms with Crippen LogP contribution >= 0.6 is 0 Å². The third-order valence-electron chi connectivity index (χ3n) is 2.95. The number of benzene rings is 1. The van der Waals surface area contributed by atoms with E-state index in [0.29, 0.717) is 6.54 Å². The molecule has 1 aromatic heterocycles. The molecule has 3 rings (SSSR count). The highest BCUT2D eigenvalue weighted by Crippen LogP contribution is 2.25. The van der Waals surface area contributed by atoms with E-state index >= 15 is 0 Å². The summed E-state index contributed by atoms with van der Waals surface area (Å²) < 4.78 is 6.91. The van der Waals surface area contributed by atoms with Crippen LogP contribution in [-0.2, 0) is 6.42 Å². The molecule has 0 fully saturated rings. The summed E-state index contributed by atoms with van der Waals surface area (Å²) in [5.74, 6) is 0.816. The molecule has 4 nitrogen and oxygen atoms in total. The number of methoxy groups -OCH3 is 1. The zero-order valence-electron chi connectivity index (χ0n) is 8.99. The van der Waals surface area contributed by atoms with Crippen LogP contribution in [0.2, 0.25) is 0 Å². The summed E-state index contributed by atoms with van der Waals surface area (Å²) in [5, 5.41) is 3.89. The van der Waals surface area contributed by atoms with Crippen molar-refractivity contribution in [2.24, 2.45) is 0 Å². The van der Waals surface area contributed by atoms with E-state index in [4.69, 9.17) is 4.74 Å². The molecule has 1 aromatic carbocycles. The lowest BCUT2D eigenvalue weighted by Gasteiger charge is -2.15. The highest BCUT2D eigenvalue weighted by Gasteiger charge is 2.18. The molecule has 0 saturated carbocycles. The lowest BCUT2D eigenvalue weighted by molar-refractivity contribution is 0.240. The highest BCUT2D eigenvalue weighted by molar-refractivity contribution is 5.94. The van der Waals surface area contributed by atoms with E-state index in [0.717, 1.165) is 28.8 Å². The molecule has 4 heteroatoms. The molecule has 0 atom stereocenters. The van der Waals surface area contributed by atoms with Crippen LogP contribution < -0.4 is 10.1 Å². The number of carbonyl (C=O) groups excluding carboxylic acids is 1. The Bertz CT molecular complexity index is 572. The first-order chi connectivity index (χ1) is 7.79. The van der Waals surface area contributed by atoms with Crippen LogP contribution in [0.4, 0.5) is 4.79 Å². The van der Waals surface area contributed by atoms with Crippen molar-refractivity contribution < 1.29 is 9.53 Å². The topological polar surface area (TPSA) is 43.3 Å². The van der Waals surface area contributed by atoms with Crippen molar-refractivity contribution in [3.05, 3.63) is 30.0 Å². The quantitative estimate of drug-likeness (QED) is 0.789. The Labute approximate surface area is 92.8 Å². The van der Waals surface area contributed by atoms with Gasteiger partial charge in [-0.3, -0.25) is 4.57 Å². The summed E-state index contributed by atoms with van der Waals surface area (Å²) >= 11 is 0. The minimum absolute atomic E-state index is 0.0404. The van der Waals surface area contributed by atoms with Gasteiger partial charge in [0.15, 0.2) is 0 Å². The molecule has 2 aromatic rings. The number of carbonyl (C=O) groups is 1. The van der Waals surface area contributed by atoms with Gasteiger partial charge in [-0.1, -0.05) is 0 Å². The van der Waals surface area contributed by atoms with Crippen LogP contribution in [0.25, 0.3) is 10.9 Å². The predicted molar refractivity (Wildman–Crippen MR) is 61.0 cm³/mol. The van der Waals surface area contributed by atoms with Crippen LogP contribution in [0.3, 0.4) is 0 Å². The number of ether oxygens (including phenoxy) is 1. The highest BCUT2D eigenvalue weighted by atomic mass is 16.5. The summed E-state index contributed by atoms with van der Waals surface area (Å²) in [6.07, 6.45) is 0.878. The van der Waals surface area contributed by atoms with Gasteiger partial charge in [0.2, 0.25) is 0 Å². The predicted octanol–water partition coefficient (Wildman–Crippen LogP) is 1.76. The van der Waals surface area contributed by atoms with Crippen LogP contribution in [0, 0.1) is 0 Å². The molecule has 0 aliphatic carbocycles. The second-order valence-electron chi connectivity index (χ2n) is 3.88. The standard InChI is InChI=1S/C12H12N2O2/c1-16-10-2-3-11-8(7-10)6-9-4-5-13-12(15)14(9)11/h2-3,6-7H,4-5H2,1H3,(H,13,15). The molecule has 1 N–H and O–H groups in total. The molecule has 1 aliphatic rings. The van der Waals surface area contributed by atoms with Crippen molar-refractivity contribution in [2.45, 2.75) is 6.42 Å². The molecule has 0 saturated heterocycles. The smallest absolute Gasteiger partial charge is 0.326 e. The third-order valence-corrected chi connectivity index (χ3v) is 2.95. The third kappa shape index (κ3) is 1.19. The largest absolute Gasteiger partial charge is 0.497 e. The lowest BCUT2D eigenvalue weighted by Crippen LogP contribution is -2.36. The average Bonchev–Trinajstić information content (AvgIpc) is 2.67. The maximum atomic E-state index is 11.7. The lowest BCUT2D eigenvalue weighted by atomic mass is 10.2. The summed E-state index contributed by atoms with van der Waals surface area (Å²) in [5.41, 5.74) is 2.00. The molecular formula is C12H12N2O2. The van der Waals surface area contributed by atoms with E-state index in [-0.39, 0.29) is 6.03 Å². The van der Waals surface area contributed by atoms with Crippen molar-refractivity contribution >= 4 is 16.9 Å². The molecule has 82 valence electrons. The van der Waals surface area contributed by atoms with Gasteiger partial charge in [-0.15, -0.1) is 0 Å². The van der Waals surface area contributed by atoms with E-state index in [1.807, 2.05) is 18.2 Å². The number of nitrogens with one attached hydrogen (secondary N) is 1. The van der Waals surface area contributed by atoms with Gasteiger partial charge in [0, 0.05) is 24.0 Å². The molecule has 0 bridgehead atoms. The van der Waals surface area contributed by atoms with Gasteiger partial charge >= 0.3 is 6.03 Å². The molecule has 16 heavy (non-hydrogen) atoms. The molecule has 0 radical (unpaired) electrons. The maximum Gasteiger partial charge on any atom is 0.326 e. The van der Waals surface area contributed by atoms with Crippen molar-refractivity contribution in [3.8, 4) is 5.75 Å². The minimum Gasteiger partial charge on any atom is -0.497 e. The first-order valence-electron chi connectivity index (χ1n) is 5.26. The van der Waals surface area contributed by atoms with E-state index < -0.39 is 0 Å². The number of aromatic nitrogens is 1. The Morgan fingerprint density at radius 1 is 1.38 bits per heavy atom. The summed E-state index contributed by atoms with van der Waals surface area (Å²) in [7, 11) is 1.64. The Morgan fingerprint density at radius 3 is 3.06 bits per heavy atom. The van der Waals surface area contributed by atoms with Crippen LogP contribution in [-0.4, -0.2) is 24.3 Å². The van der Waals surface area contributed by atoms with Gasteiger partial charge in [-0.25, -0.2) is 4.79 Å². The van der Waals surface area contributed by atoms with Crippen molar-refractivity contribution in [1.29, 1.82) is 0 Å². The van der Waals surface area contributed by atoms with E-state index in [9.17, 15) is 4.79 Å². The molecule has 1 amide bonds.